The molecule has 0 radical (unpaired) electrons. The van der Waals surface area contributed by atoms with Gasteiger partial charge in [0.05, 0.1) is 11.1 Å². The maximum Gasteiger partial charge on any atom is 0.416 e. The quantitative estimate of drug-likeness (QED) is 0.941. The number of alkyl halides is 3. The maximum atomic E-state index is 12.4. The van der Waals surface area contributed by atoms with Crippen LogP contribution in [0.1, 0.15) is 27.2 Å². The molecule has 3 nitrogen and oxygen atoms in total. The molecular weight excluding hydrogens is 293 g/mol. The molecule has 116 valence electrons. The lowest BCUT2D eigenvalue weighted by molar-refractivity contribution is -0.137. The van der Waals surface area contributed by atoms with Crippen LogP contribution in [0.15, 0.2) is 42.6 Å². The Kier molecular flexibility index (Phi) is 4.80. The number of nitrogens with one attached hydrogen (secondary N) is 1. The van der Waals surface area contributed by atoms with E-state index in [1.165, 1.54) is 18.3 Å². The zero-order chi connectivity index (χ0) is 16.2. The summed E-state index contributed by atoms with van der Waals surface area (Å²) in [7, 11) is 0. The monoisotopic (exact) mass is 308 g/mol. The minimum atomic E-state index is -4.33. The van der Waals surface area contributed by atoms with Gasteiger partial charge in [0.1, 0.15) is 0 Å². The standard InChI is InChI=1S/C16H15F3N2O/c1-11-2-5-13(10-21-11)15(22)20-9-8-12-3-6-14(7-4-12)16(17,18)19/h2-7,10H,8-9H2,1H3,(H,20,22). The average Bonchev–Trinajstić information content (AvgIpc) is 2.47. The number of halogens is 3. The molecule has 0 aliphatic carbocycles. The molecule has 0 bridgehead atoms. The van der Waals surface area contributed by atoms with Crippen molar-refractivity contribution in [3.05, 3.63) is 65.0 Å². The molecule has 1 aromatic heterocycles. The van der Waals surface area contributed by atoms with Crippen molar-refractivity contribution in [3.63, 3.8) is 0 Å². The summed E-state index contributed by atoms with van der Waals surface area (Å²) in [5.41, 5.74) is 1.33. The summed E-state index contributed by atoms with van der Waals surface area (Å²) < 4.78 is 37.3. The number of hydrogen-bond donors (Lipinski definition) is 1. The Morgan fingerprint density at radius 1 is 1.14 bits per heavy atom. The maximum absolute atomic E-state index is 12.4. The minimum Gasteiger partial charge on any atom is -0.352 e. The SMILES string of the molecule is Cc1ccc(C(=O)NCCc2ccc(C(F)(F)F)cc2)cn1. The lowest BCUT2D eigenvalue weighted by Crippen LogP contribution is -2.25. The first-order valence-electron chi connectivity index (χ1n) is 6.73. The van der Waals surface area contributed by atoms with Gasteiger partial charge < -0.3 is 5.32 Å². The van der Waals surface area contributed by atoms with E-state index in [1.807, 2.05) is 6.92 Å². The number of aryl methyl sites for hydroxylation is 1. The Morgan fingerprint density at radius 2 is 1.82 bits per heavy atom. The zero-order valence-electron chi connectivity index (χ0n) is 11.9. The highest BCUT2D eigenvalue weighted by atomic mass is 19.4. The fourth-order valence-electron chi connectivity index (χ4n) is 1.88. The molecule has 2 rings (SSSR count). The molecule has 1 aromatic carbocycles. The van der Waals surface area contributed by atoms with E-state index < -0.39 is 11.7 Å². The number of benzene rings is 1. The highest BCUT2D eigenvalue weighted by Crippen LogP contribution is 2.29. The predicted molar refractivity (Wildman–Crippen MR) is 76.5 cm³/mol. The van der Waals surface area contributed by atoms with E-state index in [0.29, 0.717) is 18.5 Å². The summed E-state index contributed by atoms with van der Waals surface area (Å²) >= 11 is 0. The van der Waals surface area contributed by atoms with Crippen LogP contribution in [0.5, 0.6) is 0 Å². The van der Waals surface area contributed by atoms with Gasteiger partial charge >= 0.3 is 6.18 Å². The van der Waals surface area contributed by atoms with Crippen LogP contribution in [0.2, 0.25) is 0 Å². The van der Waals surface area contributed by atoms with Crippen LogP contribution < -0.4 is 5.32 Å². The van der Waals surface area contributed by atoms with Gasteiger partial charge in [-0.25, -0.2) is 0 Å². The molecule has 0 saturated carbocycles. The van der Waals surface area contributed by atoms with Crippen LogP contribution >= 0.6 is 0 Å². The Bertz CT molecular complexity index is 634. The van der Waals surface area contributed by atoms with Crippen LogP contribution in [0.25, 0.3) is 0 Å². The summed E-state index contributed by atoms with van der Waals surface area (Å²) in [6.45, 7) is 2.17. The molecular formula is C16H15F3N2O. The summed E-state index contributed by atoms with van der Waals surface area (Å²) in [5, 5.41) is 2.71. The topological polar surface area (TPSA) is 42.0 Å². The van der Waals surface area contributed by atoms with Gasteiger partial charge in [-0.3, -0.25) is 9.78 Å². The number of carbonyl (C=O) groups is 1. The molecule has 1 amide bonds. The van der Waals surface area contributed by atoms with E-state index >= 15 is 0 Å². The van der Waals surface area contributed by atoms with E-state index in [-0.39, 0.29) is 5.91 Å². The minimum absolute atomic E-state index is 0.251. The van der Waals surface area contributed by atoms with Gasteiger partial charge in [0, 0.05) is 18.4 Å². The van der Waals surface area contributed by atoms with Gasteiger partial charge in [0.25, 0.3) is 5.91 Å². The second-order valence-corrected chi connectivity index (χ2v) is 4.89. The van der Waals surface area contributed by atoms with E-state index in [0.717, 1.165) is 23.4 Å². The smallest absolute Gasteiger partial charge is 0.352 e. The highest BCUT2D eigenvalue weighted by molar-refractivity contribution is 5.93. The molecule has 0 atom stereocenters. The van der Waals surface area contributed by atoms with Crippen molar-refractivity contribution in [1.82, 2.24) is 10.3 Å². The van der Waals surface area contributed by atoms with Gasteiger partial charge in [-0.1, -0.05) is 12.1 Å². The lowest BCUT2D eigenvalue weighted by Gasteiger charge is -2.08. The van der Waals surface area contributed by atoms with E-state index in [2.05, 4.69) is 10.3 Å². The molecule has 0 saturated heterocycles. The predicted octanol–water partition coefficient (Wildman–Crippen LogP) is 3.38. The van der Waals surface area contributed by atoms with Gasteiger partial charge in [-0.2, -0.15) is 13.2 Å². The lowest BCUT2D eigenvalue weighted by atomic mass is 10.1. The van der Waals surface area contributed by atoms with Crippen molar-refractivity contribution in [1.29, 1.82) is 0 Å². The van der Waals surface area contributed by atoms with E-state index in [1.54, 1.807) is 12.1 Å². The van der Waals surface area contributed by atoms with Crippen molar-refractivity contribution < 1.29 is 18.0 Å². The number of aromatic nitrogens is 1. The third-order valence-corrected chi connectivity index (χ3v) is 3.15. The molecule has 0 aliphatic heterocycles. The van der Waals surface area contributed by atoms with Gasteiger partial charge in [0.15, 0.2) is 0 Å². The first-order chi connectivity index (χ1) is 10.4. The molecule has 0 spiro atoms. The number of nitrogens with zero attached hydrogens (tertiary/aromatic N) is 1. The second-order valence-electron chi connectivity index (χ2n) is 4.89. The van der Waals surface area contributed by atoms with Crippen molar-refractivity contribution in [3.8, 4) is 0 Å². The van der Waals surface area contributed by atoms with Crippen LogP contribution in [-0.4, -0.2) is 17.4 Å². The van der Waals surface area contributed by atoms with Crippen molar-refractivity contribution in [2.45, 2.75) is 19.5 Å². The van der Waals surface area contributed by atoms with Crippen LogP contribution in [-0.2, 0) is 12.6 Å². The molecule has 6 heteroatoms. The van der Waals surface area contributed by atoms with E-state index in [9.17, 15) is 18.0 Å². The van der Waals surface area contributed by atoms with Crippen LogP contribution in [0.3, 0.4) is 0 Å². The van der Waals surface area contributed by atoms with E-state index in [4.69, 9.17) is 0 Å². The fourth-order valence-corrected chi connectivity index (χ4v) is 1.88. The van der Waals surface area contributed by atoms with Gasteiger partial charge in [-0.05, 0) is 43.2 Å². The Labute approximate surface area is 126 Å². The molecule has 1 N–H and O–H groups in total. The molecule has 2 aromatic rings. The number of carbonyl (C=O) groups excluding carboxylic acids is 1. The average molecular weight is 308 g/mol. The van der Waals surface area contributed by atoms with Crippen molar-refractivity contribution in [2.75, 3.05) is 6.54 Å². The normalized spacial score (nSPS) is 11.3. The Morgan fingerprint density at radius 3 is 2.36 bits per heavy atom. The van der Waals surface area contributed by atoms with Crippen molar-refractivity contribution >= 4 is 5.91 Å². The Hall–Kier alpha value is -2.37. The fraction of sp³-hybridized carbons (Fsp3) is 0.250. The summed E-state index contributed by atoms with van der Waals surface area (Å²) in [5.74, 6) is -0.251. The molecule has 0 aliphatic rings. The van der Waals surface area contributed by atoms with Crippen LogP contribution in [0, 0.1) is 6.92 Å². The van der Waals surface area contributed by atoms with Gasteiger partial charge in [-0.15, -0.1) is 0 Å². The van der Waals surface area contributed by atoms with Gasteiger partial charge in [0.2, 0.25) is 0 Å². The summed E-state index contributed by atoms with van der Waals surface area (Å²) in [6.07, 6.45) is -2.38. The number of pyridine rings is 1. The van der Waals surface area contributed by atoms with Crippen LogP contribution in [0.4, 0.5) is 13.2 Å². The first kappa shape index (κ1) is 16.0. The number of rotatable bonds is 4. The third-order valence-electron chi connectivity index (χ3n) is 3.15. The largest absolute Gasteiger partial charge is 0.416 e. The molecule has 0 fully saturated rings. The highest BCUT2D eigenvalue weighted by Gasteiger charge is 2.29. The summed E-state index contributed by atoms with van der Waals surface area (Å²) in [4.78, 5) is 15.9. The Balaban J connectivity index is 1.86. The third kappa shape index (κ3) is 4.31. The molecule has 22 heavy (non-hydrogen) atoms. The number of hydrogen-bond acceptors (Lipinski definition) is 2. The molecule has 1 heterocycles. The second kappa shape index (κ2) is 6.60. The zero-order valence-corrected chi connectivity index (χ0v) is 11.9. The van der Waals surface area contributed by atoms with Crippen molar-refractivity contribution in [2.24, 2.45) is 0 Å². The summed E-state index contributed by atoms with van der Waals surface area (Å²) in [6, 6.07) is 8.34. The molecule has 0 unspecified atom stereocenters. The first-order valence-corrected chi connectivity index (χ1v) is 6.73. The number of amides is 1.